The molecule has 0 radical (unpaired) electrons. The Labute approximate surface area is 209 Å². The van der Waals surface area contributed by atoms with Crippen molar-refractivity contribution in [1.29, 1.82) is 0 Å². The van der Waals surface area contributed by atoms with Crippen LogP contribution in [0.4, 0.5) is 0 Å². The van der Waals surface area contributed by atoms with E-state index in [1.165, 1.54) is 6.42 Å². The lowest BCUT2D eigenvalue weighted by Gasteiger charge is -2.37. The fourth-order valence-corrected chi connectivity index (χ4v) is 4.07. The third kappa shape index (κ3) is 7.99. The van der Waals surface area contributed by atoms with Gasteiger partial charge in [-0.15, -0.1) is 24.0 Å². The lowest BCUT2D eigenvalue weighted by molar-refractivity contribution is -0.133. The predicted octanol–water partition coefficient (Wildman–Crippen LogP) is 2.29. The number of ether oxygens (including phenoxy) is 2. The first-order valence-electron chi connectivity index (χ1n) is 11.4. The molecule has 1 N–H and O–H groups in total. The Bertz CT molecular complexity index is 734. The van der Waals surface area contributed by atoms with Crippen molar-refractivity contribution in [3.8, 4) is 11.5 Å². The number of rotatable bonds is 7. The van der Waals surface area contributed by atoms with Crippen molar-refractivity contribution in [2.75, 3.05) is 66.5 Å². The number of hydrogen-bond donors (Lipinski definition) is 1. The molecule has 2 aliphatic heterocycles. The number of piperazine rings is 1. The van der Waals surface area contributed by atoms with Gasteiger partial charge in [0.05, 0.1) is 20.2 Å². The highest BCUT2D eigenvalue weighted by molar-refractivity contribution is 14.0. The number of benzene rings is 1. The van der Waals surface area contributed by atoms with Crippen LogP contribution in [0.5, 0.6) is 11.5 Å². The highest BCUT2D eigenvalue weighted by Crippen LogP contribution is 2.19. The first kappa shape index (κ1) is 26.5. The second kappa shape index (κ2) is 13.7. The van der Waals surface area contributed by atoms with Crippen molar-refractivity contribution >= 4 is 35.8 Å². The van der Waals surface area contributed by atoms with E-state index in [-0.39, 0.29) is 36.0 Å². The van der Waals surface area contributed by atoms with Crippen LogP contribution >= 0.6 is 24.0 Å². The molecule has 0 spiro atoms. The Morgan fingerprint density at radius 1 is 1.06 bits per heavy atom. The van der Waals surface area contributed by atoms with Gasteiger partial charge < -0.3 is 24.6 Å². The van der Waals surface area contributed by atoms with Crippen molar-refractivity contribution in [2.24, 2.45) is 4.99 Å². The molecule has 2 saturated heterocycles. The molecule has 2 aliphatic rings. The van der Waals surface area contributed by atoms with E-state index in [4.69, 9.17) is 9.47 Å². The lowest BCUT2D eigenvalue weighted by Crippen LogP contribution is -2.55. The number of carbonyl (C=O) groups is 1. The Kier molecular flexibility index (Phi) is 11.4. The van der Waals surface area contributed by atoms with Gasteiger partial charge in [0.1, 0.15) is 17.6 Å². The summed E-state index contributed by atoms with van der Waals surface area (Å²) in [6.45, 7) is 8.52. The normalized spacial score (nSPS) is 18.5. The van der Waals surface area contributed by atoms with Crippen LogP contribution in [0.2, 0.25) is 0 Å². The number of carbonyl (C=O) groups excluding carboxylic acids is 1. The van der Waals surface area contributed by atoms with Gasteiger partial charge in [-0.1, -0.05) is 6.07 Å². The number of halogens is 1. The maximum atomic E-state index is 12.5. The summed E-state index contributed by atoms with van der Waals surface area (Å²) in [7, 11) is 3.46. The molecule has 0 saturated carbocycles. The van der Waals surface area contributed by atoms with E-state index < -0.39 is 0 Å². The molecular weight excluding hydrogens is 521 g/mol. The van der Waals surface area contributed by atoms with Crippen LogP contribution in [0.15, 0.2) is 29.3 Å². The molecule has 1 unspecified atom stereocenters. The minimum Gasteiger partial charge on any atom is -0.497 e. The van der Waals surface area contributed by atoms with Crippen molar-refractivity contribution in [2.45, 2.75) is 32.3 Å². The Morgan fingerprint density at radius 2 is 1.75 bits per heavy atom. The van der Waals surface area contributed by atoms with Crippen LogP contribution in [0.25, 0.3) is 0 Å². The number of methoxy groups -OCH3 is 1. The summed E-state index contributed by atoms with van der Waals surface area (Å²) in [4.78, 5) is 23.5. The van der Waals surface area contributed by atoms with Crippen molar-refractivity contribution in [3.63, 3.8) is 0 Å². The van der Waals surface area contributed by atoms with E-state index in [1.54, 1.807) is 7.11 Å². The molecule has 0 aromatic heterocycles. The monoisotopic (exact) mass is 559 g/mol. The topological polar surface area (TPSA) is 69.6 Å². The quantitative estimate of drug-likeness (QED) is 0.314. The van der Waals surface area contributed by atoms with Gasteiger partial charge in [0.2, 0.25) is 5.91 Å². The van der Waals surface area contributed by atoms with Crippen molar-refractivity contribution in [1.82, 2.24) is 20.0 Å². The third-order valence-corrected chi connectivity index (χ3v) is 5.88. The minimum atomic E-state index is -0.0210. The number of hydrogen-bond acceptors (Lipinski definition) is 5. The molecule has 32 heavy (non-hydrogen) atoms. The summed E-state index contributed by atoms with van der Waals surface area (Å²) in [5.41, 5.74) is 0. The Balaban J connectivity index is 0.00000363. The van der Waals surface area contributed by atoms with Gasteiger partial charge in [-0.2, -0.15) is 0 Å². The van der Waals surface area contributed by atoms with Gasteiger partial charge >= 0.3 is 0 Å². The molecule has 1 aromatic rings. The summed E-state index contributed by atoms with van der Waals surface area (Å²) in [5, 5.41) is 3.42. The fourth-order valence-electron chi connectivity index (χ4n) is 4.07. The fraction of sp³-hybridized carbons (Fsp3) is 0.652. The largest absolute Gasteiger partial charge is 0.497 e. The minimum absolute atomic E-state index is 0. The standard InChI is InChI=1S/C23H37N5O3.HI/c1-19(31-21-9-7-8-20(16-21)30-3)17-25-23(24-2)28-14-12-26(13-15-28)18-22(29)27-10-5-4-6-11-27;/h7-9,16,19H,4-6,10-15,17-18H2,1-3H3,(H,24,25);1H. The SMILES string of the molecule is CN=C(NCC(C)Oc1cccc(OC)c1)N1CCN(CC(=O)N2CCCCC2)CC1.I. The van der Waals surface area contributed by atoms with Gasteiger partial charge in [-0.3, -0.25) is 14.7 Å². The van der Waals surface area contributed by atoms with Gasteiger partial charge in [0.25, 0.3) is 0 Å². The molecule has 0 bridgehead atoms. The van der Waals surface area contributed by atoms with E-state index in [1.807, 2.05) is 43.1 Å². The van der Waals surface area contributed by atoms with Crippen LogP contribution in [0, 0.1) is 0 Å². The Morgan fingerprint density at radius 3 is 2.41 bits per heavy atom. The average Bonchev–Trinajstić information content (AvgIpc) is 2.81. The molecule has 180 valence electrons. The van der Waals surface area contributed by atoms with Gasteiger partial charge in [-0.05, 0) is 38.3 Å². The van der Waals surface area contributed by atoms with E-state index in [0.717, 1.165) is 69.6 Å². The van der Waals surface area contributed by atoms with E-state index in [0.29, 0.717) is 13.1 Å². The van der Waals surface area contributed by atoms with Crippen LogP contribution in [-0.2, 0) is 4.79 Å². The molecule has 1 aromatic carbocycles. The van der Waals surface area contributed by atoms with E-state index >= 15 is 0 Å². The highest BCUT2D eigenvalue weighted by Gasteiger charge is 2.24. The van der Waals surface area contributed by atoms with Gasteiger partial charge in [0.15, 0.2) is 5.96 Å². The Hall–Kier alpha value is -1.75. The smallest absolute Gasteiger partial charge is 0.236 e. The summed E-state index contributed by atoms with van der Waals surface area (Å²) in [6.07, 6.45) is 3.51. The third-order valence-electron chi connectivity index (χ3n) is 5.88. The molecule has 0 aliphatic carbocycles. The number of amides is 1. The zero-order valence-corrected chi connectivity index (χ0v) is 21.9. The number of piperidine rings is 1. The number of nitrogens with one attached hydrogen (secondary N) is 1. The maximum absolute atomic E-state index is 12.5. The molecule has 1 amide bonds. The maximum Gasteiger partial charge on any atom is 0.236 e. The van der Waals surface area contributed by atoms with E-state index in [9.17, 15) is 4.79 Å². The molecular formula is C23H38IN5O3. The molecule has 2 fully saturated rings. The van der Waals surface area contributed by atoms with Gasteiger partial charge in [-0.25, -0.2) is 0 Å². The zero-order valence-electron chi connectivity index (χ0n) is 19.6. The summed E-state index contributed by atoms with van der Waals surface area (Å²) < 4.78 is 11.2. The second-order valence-corrected chi connectivity index (χ2v) is 8.24. The highest BCUT2D eigenvalue weighted by atomic mass is 127. The summed E-state index contributed by atoms with van der Waals surface area (Å²) in [5.74, 6) is 2.73. The number of nitrogens with zero attached hydrogens (tertiary/aromatic N) is 4. The summed E-state index contributed by atoms with van der Waals surface area (Å²) >= 11 is 0. The van der Waals surface area contributed by atoms with E-state index in [2.05, 4.69) is 20.1 Å². The van der Waals surface area contributed by atoms with Crippen LogP contribution in [0.1, 0.15) is 26.2 Å². The van der Waals surface area contributed by atoms with Crippen LogP contribution in [0.3, 0.4) is 0 Å². The van der Waals surface area contributed by atoms with Gasteiger partial charge in [0, 0.05) is 52.4 Å². The lowest BCUT2D eigenvalue weighted by atomic mass is 10.1. The molecule has 8 nitrogen and oxygen atoms in total. The van der Waals surface area contributed by atoms with Crippen LogP contribution < -0.4 is 14.8 Å². The average molecular weight is 559 g/mol. The second-order valence-electron chi connectivity index (χ2n) is 8.24. The molecule has 2 heterocycles. The number of aliphatic imine (C=N–C) groups is 1. The molecule has 3 rings (SSSR count). The summed E-state index contributed by atoms with van der Waals surface area (Å²) in [6, 6.07) is 7.63. The van der Waals surface area contributed by atoms with Crippen LogP contribution in [-0.4, -0.2) is 99.2 Å². The zero-order chi connectivity index (χ0) is 22.1. The number of likely N-dealkylation sites (tertiary alicyclic amines) is 1. The first-order chi connectivity index (χ1) is 15.1. The van der Waals surface area contributed by atoms with Crippen molar-refractivity contribution in [3.05, 3.63) is 24.3 Å². The molecule has 9 heteroatoms. The predicted molar refractivity (Wildman–Crippen MR) is 138 cm³/mol. The number of guanidine groups is 1. The van der Waals surface area contributed by atoms with Crippen molar-refractivity contribution < 1.29 is 14.3 Å². The molecule has 1 atom stereocenters. The first-order valence-corrected chi connectivity index (χ1v) is 11.4.